The molecule has 22 heavy (non-hydrogen) atoms. The normalized spacial score (nSPS) is 13.9. The van der Waals surface area contributed by atoms with E-state index < -0.39 is 0 Å². The minimum absolute atomic E-state index is 0.0261. The summed E-state index contributed by atoms with van der Waals surface area (Å²) < 4.78 is 6.66. The van der Waals surface area contributed by atoms with Crippen LogP contribution in [-0.4, -0.2) is 42.7 Å². The van der Waals surface area contributed by atoms with Gasteiger partial charge >= 0.3 is 0 Å². The van der Waals surface area contributed by atoms with Gasteiger partial charge in [-0.25, -0.2) is 4.68 Å². The third-order valence-electron chi connectivity index (χ3n) is 3.69. The summed E-state index contributed by atoms with van der Waals surface area (Å²) in [5, 5.41) is 14.8. The first-order chi connectivity index (χ1) is 10.8. The van der Waals surface area contributed by atoms with E-state index in [9.17, 15) is 4.79 Å². The molecule has 2 aromatic heterocycles. The minimum Gasteiger partial charge on any atom is -0.361 e. The molecule has 4 rings (SSSR count). The maximum atomic E-state index is 12.7. The Labute approximate surface area is 125 Å². The number of hydrogen-bond acceptors (Lipinski definition) is 6. The second-order valence-corrected chi connectivity index (χ2v) is 5.06. The van der Waals surface area contributed by atoms with Gasteiger partial charge in [-0.15, -0.1) is 5.10 Å². The van der Waals surface area contributed by atoms with Crippen LogP contribution in [0.5, 0.6) is 0 Å². The molecule has 0 bridgehead atoms. The summed E-state index contributed by atoms with van der Waals surface area (Å²) in [6.07, 6.45) is 3.86. The fraction of sp³-hybridized carbons (Fsp3) is 0.214. The van der Waals surface area contributed by atoms with Crippen molar-refractivity contribution in [3.8, 4) is 5.69 Å². The molecule has 0 N–H and O–H groups in total. The molecule has 0 radical (unpaired) electrons. The molecule has 3 heterocycles. The lowest BCUT2D eigenvalue weighted by Crippen LogP contribution is -2.35. The van der Waals surface area contributed by atoms with Crippen molar-refractivity contribution in [1.82, 2.24) is 30.3 Å². The van der Waals surface area contributed by atoms with Crippen molar-refractivity contribution in [2.75, 3.05) is 6.54 Å². The van der Waals surface area contributed by atoms with Gasteiger partial charge < -0.3 is 9.42 Å². The summed E-state index contributed by atoms with van der Waals surface area (Å²) in [5.41, 5.74) is 2.32. The molecule has 1 aliphatic rings. The first-order valence-corrected chi connectivity index (χ1v) is 6.86. The number of hydrogen-bond donors (Lipinski definition) is 0. The Bertz CT molecular complexity index is 810. The molecular weight excluding hydrogens is 284 g/mol. The van der Waals surface area contributed by atoms with Gasteiger partial charge in [0.2, 0.25) is 0 Å². The molecule has 1 amide bonds. The average Bonchev–Trinajstić information content (AvgIpc) is 3.25. The molecule has 1 aliphatic heterocycles. The number of nitrogens with zero attached hydrogens (tertiary/aromatic N) is 6. The van der Waals surface area contributed by atoms with Crippen LogP contribution in [0.3, 0.4) is 0 Å². The van der Waals surface area contributed by atoms with E-state index in [2.05, 4.69) is 20.7 Å². The Balaban J connectivity index is 1.60. The number of amides is 1. The van der Waals surface area contributed by atoms with E-state index in [0.29, 0.717) is 25.1 Å². The number of aromatic nitrogens is 5. The summed E-state index contributed by atoms with van der Waals surface area (Å²) in [7, 11) is 0. The molecule has 0 saturated heterocycles. The van der Waals surface area contributed by atoms with E-state index in [0.717, 1.165) is 17.0 Å². The van der Waals surface area contributed by atoms with E-state index in [1.165, 1.54) is 11.0 Å². The van der Waals surface area contributed by atoms with Gasteiger partial charge in [0.25, 0.3) is 5.91 Å². The van der Waals surface area contributed by atoms with E-state index >= 15 is 0 Å². The molecule has 8 nitrogen and oxygen atoms in total. The van der Waals surface area contributed by atoms with Crippen molar-refractivity contribution in [3.05, 3.63) is 53.7 Å². The number of fused-ring (bicyclic) bond motifs is 1. The Morgan fingerprint density at radius 1 is 1.32 bits per heavy atom. The highest BCUT2D eigenvalue weighted by Gasteiger charge is 2.24. The Kier molecular flexibility index (Phi) is 2.92. The molecule has 3 aromatic rings. The smallest absolute Gasteiger partial charge is 0.254 e. The molecule has 1 aromatic carbocycles. The zero-order valence-corrected chi connectivity index (χ0v) is 11.6. The van der Waals surface area contributed by atoms with E-state index in [1.54, 1.807) is 23.2 Å². The second kappa shape index (κ2) is 5.06. The van der Waals surface area contributed by atoms with Crippen molar-refractivity contribution in [1.29, 1.82) is 0 Å². The van der Waals surface area contributed by atoms with Crippen LogP contribution in [0, 0.1) is 0 Å². The van der Waals surface area contributed by atoms with Crippen LogP contribution in [0.2, 0.25) is 0 Å². The predicted octanol–water partition coefficient (Wildman–Crippen LogP) is 0.849. The summed E-state index contributed by atoms with van der Waals surface area (Å²) in [5.74, 6) is 0.841. The van der Waals surface area contributed by atoms with Gasteiger partial charge in [0.1, 0.15) is 12.1 Å². The number of benzene rings is 1. The van der Waals surface area contributed by atoms with Crippen LogP contribution >= 0.6 is 0 Å². The average molecular weight is 296 g/mol. The predicted molar refractivity (Wildman–Crippen MR) is 74.1 cm³/mol. The van der Waals surface area contributed by atoms with Crippen molar-refractivity contribution >= 4 is 5.91 Å². The monoisotopic (exact) mass is 296 g/mol. The number of tetrazole rings is 1. The Morgan fingerprint density at radius 2 is 2.27 bits per heavy atom. The topological polar surface area (TPSA) is 89.9 Å². The van der Waals surface area contributed by atoms with Crippen molar-refractivity contribution < 1.29 is 9.32 Å². The quantitative estimate of drug-likeness (QED) is 0.696. The highest BCUT2D eigenvalue weighted by molar-refractivity contribution is 5.94. The summed E-state index contributed by atoms with van der Waals surface area (Å²) in [4.78, 5) is 14.5. The van der Waals surface area contributed by atoms with Crippen LogP contribution in [0.1, 0.15) is 21.7 Å². The SMILES string of the molecule is O=C(c1cccc(-n2cnnn2)c1)N1CCc2oncc2C1. The van der Waals surface area contributed by atoms with Crippen molar-refractivity contribution in [3.63, 3.8) is 0 Å². The largest absolute Gasteiger partial charge is 0.361 e. The molecule has 0 atom stereocenters. The van der Waals surface area contributed by atoms with Gasteiger partial charge in [-0.05, 0) is 28.6 Å². The highest BCUT2D eigenvalue weighted by Crippen LogP contribution is 2.20. The zero-order chi connectivity index (χ0) is 14.9. The summed E-state index contributed by atoms with van der Waals surface area (Å²) >= 11 is 0. The van der Waals surface area contributed by atoms with Crippen LogP contribution in [0.25, 0.3) is 5.69 Å². The summed E-state index contributed by atoms with van der Waals surface area (Å²) in [6, 6.07) is 7.24. The van der Waals surface area contributed by atoms with E-state index in [1.807, 2.05) is 12.1 Å². The Hall–Kier alpha value is -3.03. The fourth-order valence-corrected chi connectivity index (χ4v) is 2.56. The number of carbonyl (C=O) groups is 1. The first-order valence-electron chi connectivity index (χ1n) is 6.86. The third-order valence-corrected chi connectivity index (χ3v) is 3.69. The van der Waals surface area contributed by atoms with Crippen LogP contribution < -0.4 is 0 Å². The van der Waals surface area contributed by atoms with Gasteiger partial charge in [-0.1, -0.05) is 11.2 Å². The van der Waals surface area contributed by atoms with Gasteiger partial charge in [0.15, 0.2) is 0 Å². The van der Waals surface area contributed by atoms with Gasteiger partial charge in [-0.3, -0.25) is 4.79 Å². The molecule has 0 spiro atoms. The number of rotatable bonds is 2. The van der Waals surface area contributed by atoms with Crippen LogP contribution in [-0.2, 0) is 13.0 Å². The molecular formula is C14H12N6O2. The van der Waals surface area contributed by atoms with E-state index in [4.69, 9.17) is 4.52 Å². The van der Waals surface area contributed by atoms with Crippen LogP contribution in [0.4, 0.5) is 0 Å². The fourth-order valence-electron chi connectivity index (χ4n) is 2.56. The van der Waals surface area contributed by atoms with Crippen molar-refractivity contribution in [2.24, 2.45) is 0 Å². The van der Waals surface area contributed by atoms with Gasteiger partial charge in [-0.2, -0.15) is 0 Å². The lowest BCUT2D eigenvalue weighted by atomic mass is 10.1. The summed E-state index contributed by atoms with van der Waals surface area (Å²) in [6.45, 7) is 1.14. The Morgan fingerprint density at radius 3 is 3.14 bits per heavy atom. The molecule has 110 valence electrons. The maximum Gasteiger partial charge on any atom is 0.254 e. The van der Waals surface area contributed by atoms with Gasteiger partial charge in [0, 0.05) is 24.1 Å². The lowest BCUT2D eigenvalue weighted by molar-refractivity contribution is 0.0729. The molecule has 0 aliphatic carbocycles. The lowest BCUT2D eigenvalue weighted by Gasteiger charge is -2.25. The standard InChI is InChI=1S/C14H12N6O2/c21-14(19-5-4-13-11(8-19)7-16-22-13)10-2-1-3-12(6-10)20-9-15-17-18-20/h1-3,6-7,9H,4-5,8H2. The van der Waals surface area contributed by atoms with Crippen LogP contribution in [0.15, 0.2) is 41.3 Å². The zero-order valence-electron chi connectivity index (χ0n) is 11.6. The molecule has 0 fully saturated rings. The highest BCUT2D eigenvalue weighted by atomic mass is 16.5. The minimum atomic E-state index is -0.0261. The maximum absolute atomic E-state index is 12.7. The van der Waals surface area contributed by atoms with E-state index in [-0.39, 0.29) is 5.91 Å². The first kappa shape index (κ1) is 12.7. The van der Waals surface area contributed by atoms with Crippen molar-refractivity contribution in [2.45, 2.75) is 13.0 Å². The van der Waals surface area contributed by atoms with Gasteiger partial charge in [0.05, 0.1) is 18.4 Å². The second-order valence-electron chi connectivity index (χ2n) is 5.06. The molecule has 8 heteroatoms. The third kappa shape index (κ3) is 2.14. The molecule has 0 saturated carbocycles. The number of carbonyl (C=O) groups excluding carboxylic acids is 1. The molecule has 0 unspecified atom stereocenters.